The van der Waals surface area contributed by atoms with Crippen LogP contribution in [-0.2, 0) is 0 Å². The minimum absolute atomic E-state index is 0.715. The third-order valence-corrected chi connectivity index (χ3v) is 10.0. The van der Waals surface area contributed by atoms with E-state index in [2.05, 4.69) is 187 Å². The predicted molar refractivity (Wildman–Crippen MR) is 213 cm³/mol. The number of rotatable bonds is 5. The summed E-state index contributed by atoms with van der Waals surface area (Å²) in [5, 5.41) is 6.00. The first kappa shape index (κ1) is 29.1. The van der Waals surface area contributed by atoms with Crippen molar-refractivity contribution < 1.29 is 0 Å². The first-order chi connectivity index (χ1) is 25.3. The molecule has 10 rings (SSSR count). The van der Waals surface area contributed by atoms with Crippen LogP contribution in [0.4, 0.5) is 0 Å². The van der Waals surface area contributed by atoms with E-state index in [1.165, 1.54) is 43.7 Å². The van der Waals surface area contributed by atoms with Gasteiger partial charge in [0.25, 0.3) is 0 Å². The Kier molecular flexibility index (Phi) is 6.81. The van der Waals surface area contributed by atoms with Crippen LogP contribution in [0.5, 0.6) is 0 Å². The van der Waals surface area contributed by atoms with E-state index in [4.69, 9.17) is 9.97 Å². The first-order valence-electron chi connectivity index (χ1n) is 17.3. The molecule has 8 aromatic carbocycles. The molecule has 0 saturated carbocycles. The molecule has 51 heavy (non-hydrogen) atoms. The van der Waals surface area contributed by atoms with E-state index in [0.717, 1.165) is 44.5 Å². The minimum atomic E-state index is 0.715. The lowest BCUT2D eigenvalue weighted by atomic mass is 9.97. The molecule has 2 heterocycles. The third-order valence-electron chi connectivity index (χ3n) is 10.0. The SMILES string of the molecule is c1ccc(-c2nc(-c3ccc(-c4cccc5ccccc45)cc3)nc3ccc(-c4ccc5c6ccccc6n(-c6ccccc6)c5c4)cc23)cc1. The van der Waals surface area contributed by atoms with Crippen molar-refractivity contribution in [3.05, 3.63) is 188 Å². The second kappa shape index (κ2) is 11.9. The summed E-state index contributed by atoms with van der Waals surface area (Å²) in [5.41, 5.74) is 12.1. The van der Waals surface area contributed by atoms with E-state index in [0.29, 0.717) is 5.82 Å². The molecule has 2 aromatic heterocycles. The van der Waals surface area contributed by atoms with Crippen LogP contribution in [0.25, 0.3) is 94.1 Å². The summed E-state index contributed by atoms with van der Waals surface area (Å²) < 4.78 is 2.37. The predicted octanol–water partition coefficient (Wildman–Crippen LogP) is 12.5. The van der Waals surface area contributed by atoms with Gasteiger partial charge >= 0.3 is 0 Å². The van der Waals surface area contributed by atoms with Gasteiger partial charge in [0.05, 0.1) is 22.2 Å². The minimum Gasteiger partial charge on any atom is -0.309 e. The molecule has 0 aliphatic heterocycles. The summed E-state index contributed by atoms with van der Waals surface area (Å²) in [6.07, 6.45) is 0. The van der Waals surface area contributed by atoms with Crippen molar-refractivity contribution in [3.63, 3.8) is 0 Å². The standard InChI is InChI=1S/C48H31N3/c1-3-13-34(14-4-1)47-43-30-36(37-26-28-42-41-19-9-10-21-45(41)51(46(42)31-37)38-16-5-2-6-17-38)27-29-44(43)49-48(50-47)35-24-22-33(23-25-35)40-20-11-15-32-12-7-8-18-39(32)40/h1-31H. The number of nitrogens with zero attached hydrogens (tertiary/aromatic N) is 3. The zero-order valence-corrected chi connectivity index (χ0v) is 27.7. The molecule has 0 fully saturated rings. The van der Waals surface area contributed by atoms with Gasteiger partial charge in [0.1, 0.15) is 0 Å². The lowest BCUT2D eigenvalue weighted by Crippen LogP contribution is -1.96. The highest BCUT2D eigenvalue weighted by molar-refractivity contribution is 6.10. The van der Waals surface area contributed by atoms with Crippen molar-refractivity contribution in [3.8, 4) is 50.6 Å². The van der Waals surface area contributed by atoms with Gasteiger partial charge in [-0.15, -0.1) is 0 Å². The summed E-state index contributed by atoms with van der Waals surface area (Å²) in [6, 6.07) is 66.8. The molecular formula is C48H31N3. The molecule has 238 valence electrons. The van der Waals surface area contributed by atoms with Crippen molar-refractivity contribution in [1.29, 1.82) is 0 Å². The second-order valence-electron chi connectivity index (χ2n) is 13.0. The van der Waals surface area contributed by atoms with Crippen LogP contribution in [0.15, 0.2) is 188 Å². The van der Waals surface area contributed by atoms with E-state index >= 15 is 0 Å². The Balaban J connectivity index is 1.10. The molecule has 0 unspecified atom stereocenters. The maximum absolute atomic E-state index is 5.25. The van der Waals surface area contributed by atoms with Crippen LogP contribution in [0.2, 0.25) is 0 Å². The molecule has 0 N–H and O–H groups in total. The number of para-hydroxylation sites is 2. The summed E-state index contributed by atoms with van der Waals surface area (Å²) in [4.78, 5) is 10.4. The highest BCUT2D eigenvalue weighted by Crippen LogP contribution is 2.37. The summed E-state index contributed by atoms with van der Waals surface area (Å²) >= 11 is 0. The van der Waals surface area contributed by atoms with Gasteiger partial charge in [0.15, 0.2) is 5.82 Å². The lowest BCUT2D eigenvalue weighted by Gasteiger charge is -2.13. The smallest absolute Gasteiger partial charge is 0.160 e. The van der Waals surface area contributed by atoms with Crippen molar-refractivity contribution in [2.75, 3.05) is 0 Å². The fraction of sp³-hybridized carbons (Fsp3) is 0. The van der Waals surface area contributed by atoms with E-state index in [9.17, 15) is 0 Å². The van der Waals surface area contributed by atoms with E-state index in [1.54, 1.807) is 0 Å². The Morgan fingerprint density at radius 2 is 0.980 bits per heavy atom. The zero-order chi connectivity index (χ0) is 33.7. The molecule has 0 amide bonds. The van der Waals surface area contributed by atoms with Gasteiger partial charge in [-0.2, -0.15) is 0 Å². The number of hydrogen-bond donors (Lipinski definition) is 0. The average Bonchev–Trinajstić information content (AvgIpc) is 3.54. The van der Waals surface area contributed by atoms with Crippen molar-refractivity contribution in [1.82, 2.24) is 14.5 Å². The van der Waals surface area contributed by atoms with Crippen LogP contribution in [0, 0.1) is 0 Å². The number of fused-ring (bicyclic) bond motifs is 5. The Hall–Kier alpha value is -6.84. The van der Waals surface area contributed by atoms with Gasteiger partial charge in [-0.25, -0.2) is 9.97 Å². The van der Waals surface area contributed by atoms with E-state index < -0.39 is 0 Å². The maximum atomic E-state index is 5.25. The van der Waals surface area contributed by atoms with Gasteiger partial charge in [-0.05, 0) is 69.4 Å². The van der Waals surface area contributed by atoms with Gasteiger partial charge in [0.2, 0.25) is 0 Å². The molecule has 0 saturated heterocycles. The number of benzene rings is 8. The quantitative estimate of drug-likeness (QED) is 0.186. The van der Waals surface area contributed by atoms with Crippen LogP contribution in [-0.4, -0.2) is 14.5 Å². The van der Waals surface area contributed by atoms with Gasteiger partial charge in [-0.3, -0.25) is 0 Å². The van der Waals surface area contributed by atoms with Crippen molar-refractivity contribution >= 4 is 43.5 Å². The topological polar surface area (TPSA) is 30.7 Å². The Labute approximate surface area is 295 Å². The number of hydrogen-bond acceptors (Lipinski definition) is 2. The molecular weight excluding hydrogens is 619 g/mol. The normalized spacial score (nSPS) is 11.5. The second-order valence-corrected chi connectivity index (χ2v) is 13.0. The van der Waals surface area contributed by atoms with E-state index in [-0.39, 0.29) is 0 Å². The highest BCUT2D eigenvalue weighted by atomic mass is 15.0. The molecule has 0 radical (unpaired) electrons. The fourth-order valence-corrected chi connectivity index (χ4v) is 7.53. The van der Waals surface area contributed by atoms with Crippen LogP contribution < -0.4 is 0 Å². The van der Waals surface area contributed by atoms with Gasteiger partial charge in [0, 0.05) is 33.0 Å². The average molecular weight is 650 g/mol. The van der Waals surface area contributed by atoms with Crippen LogP contribution in [0.3, 0.4) is 0 Å². The van der Waals surface area contributed by atoms with Crippen LogP contribution >= 0.6 is 0 Å². The van der Waals surface area contributed by atoms with Crippen LogP contribution in [0.1, 0.15) is 0 Å². The molecule has 0 atom stereocenters. The van der Waals surface area contributed by atoms with Gasteiger partial charge in [-0.1, -0.05) is 152 Å². The summed E-state index contributed by atoms with van der Waals surface area (Å²) in [7, 11) is 0. The molecule has 0 spiro atoms. The molecule has 10 aromatic rings. The molecule has 0 aliphatic carbocycles. The maximum Gasteiger partial charge on any atom is 0.160 e. The largest absolute Gasteiger partial charge is 0.309 e. The summed E-state index contributed by atoms with van der Waals surface area (Å²) in [5.74, 6) is 0.715. The monoisotopic (exact) mass is 649 g/mol. The Morgan fingerprint density at radius 1 is 0.353 bits per heavy atom. The highest BCUT2D eigenvalue weighted by Gasteiger charge is 2.16. The molecule has 0 bridgehead atoms. The van der Waals surface area contributed by atoms with Crippen molar-refractivity contribution in [2.45, 2.75) is 0 Å². The molecule has 3 nitrogen and oxygen atoms in total. The molecule has 0 aliphatic rings. The number of aromatic nitrogens is 3. The molecule has 3 heteroatoms. The summed E-state index contributed by atoms with van der Waals surface area (Å²) in [6.45, 7) is 0. The van der Waals surface area contributed by atoms with Gasteiger partial charge < -0.3 is 4.57 Å². The first-order valence-corrected chi connectivity index (χ1v) is 17.3. The third kappa shape index (κ3) is 4.98. The Bertz CT molecular complexity index is 2880. The van der Waals surface area contributed by atoms with E-state index in [1.807, 2.05) is 6.07 Å². The Morgan fingerprint density at radius 3 is 1.82 bits per heavy atom. The zero-order valence-electron chi connectivity index (χ0n) is 27.7. The lowest BCUT2D eigenvalue weighted by molar-refractivity contribution is 1.18. The van der Waals surface area contributed by atoms with Crippen molar-refractivity contribution in [2.24, 2.45) is 0 Å². The fourth-order valence-electron chi connectivity index (χ4n) is 7.53.